The highest BCUT2D eigenvalue weighted by atomic mass is 16.5. The lowest BCUT2D eigenvalue weighted by atomic mass is 10.1. The minimum Gasteiger partial charge on any atom is -0.481 e. The van der Waals surface area contributed by atoms with Crippen molar-refractivity contribution in [2.75, 3.05) is 7.11 Å². The summed E-state index contributed by atoms with van der Waals surface area (Å²) >= 11 is 0. The van der Waals surface area contributed by atoms with Gasteiger partial charge in [-0.3, -0.25) is 9.59 Å². The zero-order valence-electron chi connectivity index (χ0n) is 16.2. The molecule has 0 saturated heterocycles. The van der Waals surface area contributed by atoms with Crippen LogP contribution in [0.15, 0.2) is 24.8 Å². The molecular weight excluding hydrogens is 358 g/mol. The molecule has 0 spiro atoms. The van der Waals surface area contributed by atoms with Crippen LogP contribution in [0, 0.1) is 0 Å². The maximum Gasteiger partial charge on any atom is 0.256 e. The van der Waals surface area contributed by atoms with E-state index in [9.17, 15) is 9.59 Å². The van der Waals surface area contributed by atoms with Gasteiger partial charge in [-0.25, -0.2) is 9.97 Å². The second kappa shape index (κ2) is 7.61. The van der Waals surface area contributed by atoms with E-state index in [1.807, 2.05) is 11.0 Å². The lowest BCUT2D eigenvalue weighted by Gasteiger charge is -2.22. The number of hydrogen-bond acceptors (Lipinski definition) is 5. The molecule has 3 heterocycles. The number of fused-ring (bicyclic) bond motifs is 1. The Balaban J connectivity index is 1.49. The van der Waals surface area contributed by atoms with Crippen molar-refractivity contribution >= 4 is 11.8 Å². The Bertz CT molecular complexity index is 874. The Kier molecular flexibility index (Phi) is 5.02. The molecule has 0 radical (unpaired) electrons. The molecule has 1 atom stereocenters. The number of aromatic nitrogens is 3. The van der Waals surface area contributed by atoms with E-state index in [1.54, 1.807) is 37.3 Å². The van der Waals surface area contributed by atoms with Gasteiger partial charge >= 0.3 is 0 Å². The molecule has 1 aliphatic heterocycles. The smallest absolute Gasteiger partial charge is 0.256 e. The maximum atomic E-state index is 12.9. The van der Waals surface area contributed by atoms with Crippen molar-refractivity contribution in [1.29, 1.82) is 0 Å². The van der Waals surface area contributed by atoms with E-state index in [0.29, 0.717) is 29.6 Å². The minimum atomic E-state index is -0.379. The standard InChI is InChI=1S/C20H25N5O3/c1-13(24-8-7-21-12-24)18(26)22-10-14-9-16-17(23-19(14)28-2)11-25(20(16)27)15-5-3-4-6-15/h7-9,12-13,15H,3-6,10-11H2,1-2H3,(H,22,26)/t13-/m0/s1. The number of ether oxygens (including phenoxy) is 1. The van der Waals surface area contributed by atoms with Gasteiger partial charge in [0.05, 0.1) is 31.2 Å². The quantitative estimate of drug-likeness (QED) is 0.825. The second-order valence-corrected chi connectivity index (χ2v) is 7.43. The molecule has 4 rings (SSSR count). The molecule has 1 saturated carbocycles. The zero-order valence-corrected chi connectivity index (χ0v) is 16.2. The van der Waals surface area contributed by atoms with Crippen molar-refractivity contribution in [1.82, 2.24) is 24.8 Å². The minimum absolute atomic E-state index is 0.0383. The molecule has 2 aliphatic rings. The second-order valence-electron chi connectivity index (χ2n) is 7.43. The van der Waals surface area contributed by atoms with Crippen molar-refractivity contribution < 1.29 is 14.3 Å². The van der Waals surface area contributed by atoms with Crippen LogP contribution in [0.25, 0.3) is 0 Å². The van der Waals surface area contributed by atoms with Crippen LogP contribution >= 0.6 is 0 Å². The fourth-order valence-corrected chi connectivity index (χ4v) is 4.05. The maximum absolute atomic E-state index is 12.9. The number of carbonyl (C=O) groups excluding carboxylic acids is 2. The van der Waals surface area contributed by atoms with E-state index in [4.69, 9.17) is 4.74 Å². The lowest BCUT2D eigenvalue weighted by Crippen LogP contribution is -2.33. The normalized spacial score (nSPS) is 17.6. The lowest BCUT2D eigenvalue weighted by molar-refractivity contribution is -0.124. The first kappa shape index (κ1) is 18.5. The van der Waals surface area contributed by atoms with Crippen LogP contribution in [0.4, 0.5) is 0 Å². The predicted molar refractivity (Wildman–Crippen MR) is 102 cm³/mol. The number of nitrogens with one attached hydrogen (secondary N) is 1. The van der Waals surface area contributed by atoms with Crippen molar-refractivity contribution in [2.45, 2.75) is 57.8 Å². The van der Waals surface area contributed by atoms with Crippen molar-refractivity contribution in [3.05, 3.63) is 41.6 Å². The summed E-state index contributed by atoms with van der Waals surface area (Å²) in [6.45, 7) is 2.59. The number of methoxy groups -OCH3 is 1. The summed E-state index contributed by atoms with van der Waals surface area (Å²) < 4.78 is 7.16. The van der Waals surface area contributed by atoms with Gasteiger partial charge in [-0.05, 0) is 25.8 Å². The van der Waals surface area contributed by atoms with Gasteiger partial charge in [0.25, 0.3) is 5.91 Å². The van der Waals surface area contributed by atoms with E-state index < -0.39 is 0 Å². The van der Waals surface area contributed by atoms with E-state index >= 15 is 0 Å². The summed E-state index contributed by atoms with van der Waals surface area (Å²) in [6.07, 6.45) is 9.47. The van der Waals surface area contributed by atoms with E-state index in [2.05, 4.69) is 15.3 Å². The number of pyridine rings is 1. The Morgan fingerprint density at radius 2 is 2.18 bits per heavy atom. The van der Waals surface area contributed by atoms with Gasteiger partial charge < -0.3 is 19.5 Å². The van der Waals surface area contributed by atoms with Crippen LogP contribution in [0.2, 0.25) is 0 Å². The van der Waals surface area contributed by atoms with E-state index in [-0.39, 0.29) is 24.4 Å². The van der Waals surface area contributed by atoms with Crippen LogP contribution in [-0.2, 0) is 17.9 Å². The summed E-state index contributed by atoms with van der Waals surface area (Å²) in [5.41, 5.74) is 2.09. The van der Waals surface area contributed by atoms with Crippen molar-refractivity contribution in [3.8, 4) is 5.88 Å². The highest BCUT2D eigenvalue weighted by molar-refractivity contribution is 5.98. The molecular formula is C20H25N5O3. The number of hydrogen-bond donors (Lipinski definition) is 1. The average molecular weight is 383 g/mol. The molecule has 1 aliphatic carbocycles. The third kappa shape index (κ3) is 3.34. The Hall–Kier alpha value is -2.90. The molecule has 2 amide bonds. The Morgan fingerprint density at radius 3 is 2.86 bits per heavy atom. The Labute approximate surface area is 163 Å². The van der Waals surface area contributed by atoms with Gasteiger partial charge in [0, 0.05) is 30.5 Å². The fourth-order valence-electron chi connectivity index (χ4n) is 4.05. The summed E-state index contributed by atoms with van der Waals surface area (Å²) in [7, 11) is 1.56. The topological polar surface area (TPSA) is 89.3 Å². The monoisotopic (exact) mass is 383 g/mol. The highest BCUT2D eigenvalue weighted by Gasteiger charge is 2.36. The first-order valence-corrected chi connectivity index (χ1v) is 9.71. The van der Waals surface area contributed by atoms with E-state index in [1.165, 1.54) is 12.8 Å². The first-order valence-electron chi connectivity index (χ1n) is 9.71. The van der Waals surface area contributed by atoms with E-state index in [0.717, 1.165) is 18.5 Å². The van der Waals surface area contributed by atoms with Gasteiger partial charge in [-0.15, -0.1) is 0 Å². The third-order valence-electron chi connectivity index (χ3n) is 5.72. The largest absolute Gasteiger partial charge is 0.481 e. The van der Waals surface area contributed by atoms with Crippen LogP contribution in [0.3, 0.4) is 0 Å². The molecule has 1 N–H and O–H groups in total. The van der Waals surface area contributed by atoms with Gasteiger partial charge in [0.1, 0.15) is 6.04 Å². The molecule has 148 valence electrons. The Morgan fingerprint density at radius 1 is 1.39 bits per heavy atom. The number of imidazole rings is 1. The van der Waals surface area contributed by atoms with Crippen LogP contribution in [0.5, 0.6) is 5.88 Å². The molecule has 8 nitrogen and oxygen atoms in total. The summed E-state index contributed by atoms with van der Waals surface area (Å²) in [6, 6.07) is 1.75. The zero-order chi connectivity index (χ0) is 19.7. The molecule has 0 unspecified atom stereocenters. The van der Waals surface area contributed by atoms with Gasteiger partial charge in [0.2, 0.25) is 11.8 Å². The summed E-state index contributed by atoms with van der Waals surface area (Å²) in [4.78, 5) is 35.8. The molecule has 1 fully saturated rings. The SMILES string of the molecule is COc1nc2c(cc1CNC(=O)[C@H](C)n1ccnc1)C(=O)N(C1CCCC1)C2. The van der Waals surface area contributed by atoms with Crippen molar-refractivity contribution in [2.24, 2.45) is 0 Å². The highest BCUT2D eigenvalue weighted by Crippen LogP contribution is 2.33. The molecule has 8 heteroatoms. The summed E-state index contributed by atoms with van der Waals surface area (Å²) in [5, 5.41) is 2.90. The molecule has 2 aromatic rings. The van der Waals surface area contributed by atoms with Gasteiger partial charge in [-0.1, -0.05) is 12.8 Å². The number of nitrogens with zero attached hydrogens (tertiary/aromatic N) is 4. The number of rotatable bonds is 6. The molecule has 0 aromatic carbocycles. The average Bonchev–Trinajstić information content (AvgIpc) is 3.46. The molecule has 0 bridgehead atoms. The first-order chi connectivity index (χ1) is 13.6. The van der Waals surface area contributed by atoms with Crippen molar-refractivity contribution in [3.63, 3.8) is 0 Å². The fraction of sp³-hybridized carbons (Fsp3) is 0.500. The van der Waals surface area contributed by atoms with Crippen LogP contribution < -0.4 is 10.1 Å². The summed E-state index contributed by atoms with van der Waals surface area (Å²) in [5.74, 6) is 0.353. The van der Waals surface area contributed by atoms with Gasteiger partial charge in [0.15, 0.2) is 0 Å². The third-order valence-corrected chi connectivity index (χ3v) is 5.72. The number of amides is 2. The molecule has 28 heavy (non-hydrogen) atoms. The van der Waals surface area contributed by atoms with Gasteiger partial charge in [-0.2, -0.15) is 0 Å². The van der Waals surface area contributed by atoms with Crippen LogP contribution in [0.1, 0.15) is 60.3 Å². The predicted octanol–water partition coefficient (Wildman–Crippen LogP) is 2.06. The number of carbonyl (C=O) groups is 2. The van der Waals surface area contributed by atoms with Crippen LogP contribution in [-0.4, -0.2) is 44.4 Å². The molecule has 2 aromatic heterocycles.